The second-order valence-electron chi connectivity index (χ2n) is 7.37. The number of amides is 1. The molecule has 2 atom stereocenters. The average Bonchev–Trinajstić information content (AvgIpc) is 3.31. The van der Waals surface area contributed by atoms with E-state index in [2.05, 4.69) is 0 Å². The Bertz CT molecular complexity index is 942. The molecule has 2 saturated heterocycles. The van der Waals surface area contributed by atoms with Gasteiger partial charge in [0.1, 0.15) is 17.3 Å². The Kier molecular flexibility index (Phi) is 4.93. The van der Waals surface area contributed by atoms with Crippen molar-refractivity contribution in [1.29, 1.82) is 0 Å². The number of methoxy groups -OCH3 is 1. The molecule has 4 rings (SSSR count). The third-order valence-corrected chi connectivity index (χ3v) is 5.62. The second kappa shape index (κ2) is 7.39. The highest BCUT2D eigenvalue weighted by molar-refractivity contribution is 5.96. The first-order chi connectivity index (χ1) is 13.5. The Labute approximate surface area is 162 Å². The SMILES string of the molecule is COc1cc(C)c([C@H]2CC(=O)N(c3cccn(C4CCOC4)c3=O)C2)c(F)c1. The van der Waals surface area contributed by atoms with Crippen molar-refractivity contribution in [3.8, 4) is 5.75 Å². The monoisotopic (exact) mass is 386 g/mol. The van der Waals surface area contributed by atoms with Crippen LogP contribution in [0.5, 0.6) is 5.75 Å². The van der Waals surface area contributed by atoms with Crippen LogP contribution in [-0.4, -0.2) is 37.3 Å². The second-order valence-corrected chi connectivity index (χ2v) is 7.37. The zero-order chi connectivity index (χ0) is 19.8. The number of benzene rings is 1. The van der Waals surface area contributed by atoms with Gasteiger partial charge in [-0.1, -0.05) is 0 Å². The minimum atomic E-state index is -0.384. The number of hydrogen-bond donors (Lipinski definition) is 0. The van der Waals surface area contributed by atoms with Crippen LogP contribution < -0.4 is 15.2 Å². The first-order valence-corrected chi connectivity index (χ1v) is 9.43. The van der Waals surface area contributed by atoms with Crippen LogP contribution in [0.25, 0.3) is 0 Å². The van der Waals surface area contributed by atoms with Crippen LogP contribution in [0.15, 0.2) is 35.3 Å². The molecule has 2 aliphatic heterocycles. The quantitative estimate of drug-likeness (QED) is 0.811. The Hall–Kier alpha value is -2.67. The van der Waals surface area contributed by atoms with Gasteiger partial charge in [0.2, 0.25) is 5.91 Å². The van der Waals surface area contributed by atoms with Crippen LogP contribution in [-0.2, 0) is 9.53 Å². The highest BCUT2D eigenvalue weighted by Gasteiger charge is 2.35. The maximum Gasteiger partial charge on any atom is 0.274 e. The lowest BCUT2D eigenvalue weighted by Gasteiger charge is -2.20. The van der Waals surface area contributed by atoms with E-state index in [1.54, 1.807) is 29.0 Å². The Balaban J connectivity index is 1.65. The maximum absolute atomic E-state index is 14.7. The van der Waals surface area contributed by atoms with E-state index < -0.39 is 0 Å². The molecule has 0 bridgehead atoms. The van der Waals surface area contributed by atoms with Gasteiger partial charge in [0, 0.05) is 37.8 Å². The maximum atomic E-state index is 14.7. The third kappa shape index (κ3) is 3.20. The summed E-state index contributed by atoms with van der Waals surface area (Å²) in [6.45, 7) is 3.21. The summed E-state index contributed by atoms with van der Waals surface area (Å²) in [6.07, 6.45) is 2.68. The number of rotatable bonds is 4. The summed E-state index contributed by atoms with van der Waals surface area (Å²) in [7, 11) is 1.49. The van der Waals surface area contributed by atoms with Crippen molar-refractivity contribution in [3.05, 3.63) is 57.8 Å². The van der Waals surface area contributed by atoms with E-state index in [1.807, 2.05) is 6.92 Å². The normalized spacial score (nSPS) is 22.1. The molecule has 0 N–H and O–H groups in total. The lowest BCUT2D eigenvalue weighted by atomic mass is 9.93. The van der Waals surface area contributed by atoms with Crippen molar-refractivity contribution >= 4 is 11.6 Å². The first kappa shape index (κ1) is 18.7. The van der Waals surface area contributed by atoms with Gasteiger partial charge in [0.25, 0.3) is 5.56 Å². The van der Waals surface area contributed by atoms with Crippen LogP contribution in [0.1, 0.15) is 35.9 Å². The fraction of sp³-hybridized carbons (Fsp3) is 0.429. The smallest absolute Gasteiger partial charge is 0.274 e. The van der Waals surface area contributed by atoms with Crippen LogP contribution in [0.4, 0.5) is 10.1 Å². The molecule has 1 unspecified atom stereocenters. The molecule has 148 valence electrons. The van der Waals surface area contributed by atoms with Gasteiger partial charge in [-0.05, 0) is 42.7 Å². The standard InChI is InChI=1S/C21H23FN2O4/c1-13-8-16(27-2)10-17(22)20(13)14-9-19(25)24(11-14)18-4-3-6-23(21(18)26)15-5-7-28-12-15/h3-4,6,8,10,14-15H,5,7,9,11-12H2,1-2H3/t14-,15?/m0/s1. The minimum Gasteiger partial charge on any atom is -0.497 e. The Morgan fingerprint density at radius 3 is 2.79 bits per heavy atom. The summed E-state index contributed by atoms with van der Waals surface area (Å²) in [6, 6.07) is 6.52. The Morgan fingerprint density at radius 2 is 2.11 bits per heavy atom. The highest BCUT2D eigenvalue weighted by Crippen LogP contribution is 2.35. The molecule has 0 saturated carbocycles. The number of aryl methyl sites for hydroxylation is 1. The number of hydrogen-bond acceptors (Lipinski definition) is 4. The molecule has 1 aromatic carbocycles. The highest BCUT2D eigenvalue weighted by atomic mass is 19.1. The van der Waals surface area contributed by atoms with Gasteiger partial charge in [-0.2, -0.15) is 0 Å². The van der Waals surface area contributed by atoms with Crippen molar-refractivity contribution in [2.75, 3.05) is 31.8 Å². The molecule has 1 aromatic heterocycles. The van der Waals surface area contributed by atoms with Crippen molar-refractivity contribution in [3.63, 3.8) is 0 Å². The summed E-state index contributed by atoms with van der Waals surface area (Å²) >= 11 is 0. The van der Waals surface area contributed by atoms with Crippen LogP contribution in [0, 0.1) is 12.7 Å². The number of halogens is 1. The average molecular weight is 386 g/mol. The van der Waals surface area contributed by atoms with Crippen molar-refractivity contribution in [2.45, 2.75) is 31.7 Å². The van der Waals surface area contributed by atoms with Crippen molar-refractivity contribution in [1.82, 2.24) is 4.57 Å². The fourth-order valence-corrected chi connectivity index (χ4v) is 4.23. The summed E-state index contributed by atoms with van der Waals surface area (Å²) < 4.78 is 26.8. The molecule has 6 nitrogen and oxygen atoms in total. The van der Waals surface area contributed by atoms with Gasteiger partial charge in [-0.15, -0.1) is 0 Å². The van der Waals surface area contributed by atoms with E-state index in [0.29, 0.717) is 30.2 Å². The molecule has 2 aromatic rings. The molecular weight excluding hydrogens is 363 g/mol. The molecule has 1 amide bonds. The Morgan fingerprint density at radius 1 is 1.29 bits per heavy atom. The van der Waals surface area contributed by atoms with Crippen molar-refractivity contribution in [2.24, 2.45) is 0 Å². The topological polar surface area (TPSA) is 60.8 Å². The third-order valence-electron chi connectivity index (χ3n) is 5.62. The molecular formula is C21H23FN2O4. The molecule has 7 heteroatoms. The number of ether oxygens (including phenoxy) is 2. The lowest BCUT2D eigenvalue weighted by molar-refractivity contribution is -0.117. The summed E-state index contributed by atoms with van der Waals surface area (Å²) in [4.78, 5) is 27.2. The van der Waals surface area contributed by atoms with Crippen molar-refractivity contribution < 1.29 is 18.7 Å². The summed E-state index contributed by atoms with van der Waals surface area (Å²) in [5.74, 6) is -0.409. The van der Waals surface area contributed by atoms with Gasteiger partial charge in [0.05, 0.1) is 19.8 Å². The van der Waals surface area contributed by atoms with Crippen LogP contribution >= 0.6 is 0 Å². The zero-order valence-corrected chi connectivity index (χ0v) is 16.0. The predicted octanol–water partition coefficient (Wildman–Crippen LogP) is 2.79. The molecule has 28 heavy (non-hydrogen) atoms. The minimum absolute atomic E-state index is 0.0118. The van der Waals surface area contributed by atoms with E-state index in [4.69, 9.17) is 9.47 Å². The zero-order valence-electron chi connectivity index (χ0n) is 16.0. The van der Waals surface area contributed by atoms with Gasteiger partial charge >= 0.3 is 0 Å². The first-order valence-electron chi connectivity index (χ1n) is 9.43. The largest absolute Gasteiger partial charge is 0.497 e. The fourth-order valence-electron chi connectivity index (χ4n) is 4.23. The molecule has 2 aliphatic rings. The van der Waals surface area contributed by atoms with Gasteiger partial charge in [-0.25, -0.2) is 4.39 Å². The molecule has 0 spiro atoms. The van der Waals surface area contributed by atoms with Gasteiger partial charge < -0.3 is 18.9 Å². The van der Waals surface area contributed by atoms with Crippen LogP contribution in [0.2, 0.25) is 0 Å². The summed E-state index contributed by atoms with van der Waals surface area (Å²) in [5.41, 5.74) is 1.38. The predicted molar refractivity (Wildman–Crippen MR) is 103 cm³/mol. The van der Waals surface area contributed by atoms with Gasteiger partial charge in [0.15, 0.2) is 0 Å². The molecule has 2 fully saturated rings. The number of aromatic nitrogens is 1. The van der Waals surface area contributed by atoms with Gasteiger partial charge in [-0.3, -0.25) is 9.59 Å². The number of anilines is 1. The molecule has 3 heterocycles. The molecule has 0 radical (unpaired) electrons. The van der Waals surface area contributed by atoms with E-state index in [0.717, 1.165) is 12.0 Å². The molecule has 0 aliphatic carbocycles. The number of nitrogens with zero attached hydrogens (tertiary/aromatic N) is 2. The number of pyridine rings is 1. The lowest BCUT2D eigenvalue weighted by Crippen LogP contribution is -2.34. The van der Waals surface area contributed by atoms with E-state index in [-0.39, 0.29) is 42.2 Å². The number of carbonyl (C=O) groups excluding carboxylic acids is 1. The van der Waals surface area contributed by atoms with E-state index in [9.17, 15) is 14.0 Å². The van der Waals surface area contributed by atoms with Crippen LogP contribution in [0.3, 0.4) is 0 Å². The van der Waals surface area contributed by atoms with E-state index >= 15 is 0 Å². The number of carbonyl (C=O) groups is 1. The van der Waals surface area contributed by atoms with E-state index in [1.165, 1.54) is 18.1 Å². The summed E-state index contributed by atoms with van der Waals surface area (Å²) in [5, 5.41) is 0.